The number of rotatable bonds is 1. The van der Waals surface area contributed by atoms with Gasteiger partial charge in [-0.3, -0.25) is 0 Å². The Morgan fingerprint density at radius 1 is 1.17 bits per heavy atom. The molecule has 2 heterocycles. The van der Waals surface area contributed by atoms with Gasteiger partial charge in [-0.05, 0) is 12.1 Å². The molecule has 0 aliphatic carbocycles. The lowest BCUT2D eigenvalue weighted by Gasteiger charge is -1.96. The first-order chi connectivity index (χ1) is 5.86. The molecule has 1 aliphatic rings. The van der Waals surface area contributed by atoms with E-state index in [1.807, 2.05) is 0 Å². The van der Waals surface area contributed by atoms with Crippen molar-refractivity contribution in [2.75, 3.05) is 0 Å². The average Bonchev–Trinajstić information content (AvgIpc) is 2.56. The average molecular weight is 162 g/mol. The fourth-order valence-corrected chi connectivity index (χ4v) is 0.906. The molecule has 59 valence electrons. The number of hydrogen-bond acceptors (Lipinski definition) is 2. The van der Waals surface area contributed by atoms with Crippen molar-refractivity contribution < 1.29 is 4.39 Å². The summed E-state index contributed by atoms with van der Waals surface area (Å²) in [7, 11) is 0. The van der Waals surface area contributed by atoms with Gasteiger partial charge >= 0.3 is 0 Å². The van der Waals surface area contributed by atoms with Crippen LogP contribution in [0.4, 0.5) is 4.39 Å². The molecule has 2 rings (SSSR count). The summed E-state index contributed by atoms with van der Waals surface area (Å²) in [5.41, 5.74) is 0.458. The smallest absolute Gasteiger partial charge is 0.213 e. The third-order valence-corrected chi connectivity index (χ3v) is 1.40. The minimum Gasteiger partial charge on any atom is -0.234 e. The molecule has 0 amide bonds. The minimum atomic E-state index is -0.516. The number of halogens is 1. The molecule has 1 radical (unpaired) electrons. The highest BCUT2D eigenvalue weighted by Crippen LogP contribution is 2.02. The van der Waals surface area contributed by atoms with Crippen molar-refractivity contribution in [1.82, 2.24) is 10.3 Å². The van der Waals surface area contributed by atoms with Crippen molar-refractivity contribution >= 4 is 5.84 Å². The molecule has 0 spiro atoms. The molecule has 1 aliphatic heterocycles. The van der Waals surface area contributed by atoms with Crippen LogP contribution in [0.2, 0.25) is 0 Å². The van der Waals surface area contributed by atoms with E-state index in [1.54, 1.807) is 24.5 Å². The van der Waals surface area contributed by atoms with Gasteiger partial charge in [0.1, 0.15) is 5.69 Å². The molecule has 0 atom stereocenters. The standard InChI is InChI=1S/C8H5FN3/c9-7-3-1-2-6(12-7)8-10-4-5-11-8/h1-5H. The van der Waals surface area contributed by atoms with Crippen molar-refractivity contribution in [1.29, 1.82) is 0 Å². The van der Waals surface area contributed by atoms with Gasteiger partial charge in [0.2, 0.25) is 5.95 Å². The quantitative estimate of drug-likeness (QED) is 0.569. The van der Waals surface area contributed by atoms with Crippen LogP contribution >= 0.6 is 0 Å². The molecule has 0 saturated carbocycles. The first kappa shape index (κ1) is 6.97. The van der Waals surface area contributed by atoms with Crippen LogP contribution in [0.3, 0.4) is 0 Å². The molecule has 0 bridgehead atoms. The van der Waals surface area contributed by atoms with E-state index in [2.05, 4.69) is 15.3 Å². The maximum absolute atomic E-state index is 12.6. The van der Waals surface area contributed by atoms with Gasteiger partial charge in [-0.2, -0.15) is 4.39 Å². The van der Waals surface area contributed by atoms with Crippen molar-refractivity contribution in [3.63, 3.8) is 0 Å². The summed E-state index contributed by atoms with van der Waals surface area (Å²) in [5, 5.41) is 3.89. The molecule has 0 N–H and O–H groups in total. The van der Waals surface area contributed by atoms with E-state index < -0.39 is 5.95 Å². The number of aliphatic imine (C=N–C) groups is 1. The molecule has 3 nitrogen and oxygen atoms in total. The van der Waals surface area contributed by atoms with Crippen LogP contribution in [-0.2, 0) is 0 Å². The predicted molar refractivity (Wildman–Crippen MR) is 42.0 cm³/mol. The third-order valence-electron chi connectivity index (χ3n) is 1.40. The summed E-state index contributed by atoms with van der Waals surface area (Å²) in [5.74, 6) is -0.0631. The van der Waals surface area contributed by atoms with E-state index in [1.165, 1.54) is 6.07 Å². The predicted octanol–water partition coefficient (Wildman–Crippen LogP) is 1.06. The highest BCUT2D eigenvalue weighted by Gasteiger charge is 2.07. The monoisotopic (exact) mass is 162 g/mol. The van der Waals surface area contributed by atoms with Crippen LogP contribution in [0.25, 0.3) is 0 Å². The zero-order valence-electron chi connectivity index (χ0n) is 6.11. The minimum absolute atomic E-state index is 0.453. The summed E-state index contributed by atoms with van der Waals surface area (Å²) >= 11 is 0. The second kappa shape index (κ2) is 2.73. The number of nitrogens with zero attached hydrogens (tertiary/aromatic N) is 3. The summed E-state index contributed by atoms with van der Waals surface area (Å²) < 4.78 is 12.6. The van der Waals surface area contributed by atoms with Crippen molar-refractivity contribution in [2.24, 2.45) is 4.99 Å². The third kappa shape index (κ3) is 1.18. The van der Waals surface area contributed by atoms with Gasteiger partial charge in [-0.1, -0.05) is 6.07 Å². The fourth-order valence-electron chi connectivity index (χ4n) is 0.906. The molecule has 12 heavy (non-hydrogen) atoms. The zero-order chi connectivity index (χ0) is 8.39. The molecule has 0 fully saturated rings. The van der Waals surface area contributed by atoms with Gasteiger partial charge in [0.05, 0.1) is 0 Å². The molecule has 0 unspecified atom stereocenters. The van der Waals surface area contributed by atoms with E-state index in [9.17, 15) is 4.39 Å². The number of amidine groups is 1. The molecule has 0 aromatic carbocycles. The van der Waals surface area contributed by atoms with Gasteiger partial charge in [0.25, 0.3) is 0 Å². The number of aromatic nitrogens is 1. The van der Waals surface area contributed by atoms with E-state index >= 15 is 0 Å². The SMILES string of the molecule is Fc1cccc(C2=NC=C[N]2)n1. The van der Waals surface area contributed by atoms with E-state index in [0.717, 1.165) is 0 Å². The van der Waals surface area contributed by atoms with Crippen LogP contribution in [0.5, 0.6) is 0 Å². The van der Waals surface area contributed by atoms with E-state index in [4.69, 9.17) is 0 Å². The number of pyridine rings is 1. The van der Waals surface area contributed by atoms with Gasteiger partial charge in [-0.25, -0.2) is 15.3 Å². The largest absolute Gasteiger partial charge is 0.234 e. The normalized spacial score (nSPS) is 14.2. The Morgan fingerprint density at radius 3 is 2.75 bits per heavy atom. The van der Waals surface area contributed by atoms with E-state index in [0.29, 0.717) is 11.5 Å². The first-order valence-corrected chi connectivity index (χ1v) is 3.43. The lowest BCUT2D eigenvalue weighted by atomic mass is 10.3. The second-order valence-electron chi connectivity index (χ2n) is 2.23. The molecule has 4 heteroatoms. The highest BCUT2D eigenvalue weighted by molar-refractivity contribution is 5.98. The Labute approximate surface area is 68.7 Å². The van der Waals surface area contributed by atoms with Crippen molar-refractivity contribution in [3.8, 4) is 0 Å². The van der Waals surface area contributed by atoms with Gasteiger partial charge in [-0.15, -0.1) is 0 Å². The maximum atomic E-state index is 12.6. The Balaban J connectivity index is 2.35. The van der Waals surface area contributed by atoms with Crippen LogP contribution in [0.15, 0.2) is 35.6 Å². The maximum Gasteiger partial charge on any atom is 0.213 e. The first-order valence-electron chi connectivity index (χ1n) is 3.43. The van der Waals surface area contributed by atoms with Crippen LogP contribution in [0.1, 0.15) is 5.69 Å². The lowest BCUT2D eigenvalue weighted by Crippen LogP contribution is -2.10. The van der Waals surface area contributed by atoms with Crippen LogP contribution < -0.4 is 5.32 Å². The number of hydrogen-bond donors (Lipinski definition) is 0. The lowest BCUT2D eigenvalue weighted by molar-refractivity contribution is 0.582. The summed E-state index contributed by atoms with van der Waals surface area (Å²) in [6.07, 6.45) is 3.09. The molecule has 1 aromatic heterocycles. The summed E-state index contributed by atoms with van der Waals surface area (Å²) in [6.45, 7) is 0. The Hall–Kier alpha value is -1.71. The van der Waals surface area contributed by atoms with Crippen molar-refractivity contribution in [2.45, 2.75) is 0 Å². The molecule has 0 saturated heterocycles. The van der Waals surface area contributed by atoms with Crippen LogP contribution in [-0.4, -0.2) is 10.8 Å². The Kier molecular flexibility index (Phi) is 1.59. The van der Waals surface area contributed by atoms with Gasteiger partial charge < -0.3 is 0 Å². The summed E-state index contributed by atoms with van der Waals surface area (Å²) in [6, 6.07) is 4.53. The Bertz CT molecular complexity index is 357. The molecular weight excluding hydrogens is 157 g/mol. The second-order valence-corrected chi connectivity index (χ2v) is 2.23. The zero-order valence-corrected chi connectivity index (χ0v) is 6.11. The van der Waals surface area contributed by atoms with E-state index in [-0.39, 0.29) is 0 Å². The van der Waals surface area contributed by atoms with Crippen LogP contribution in [0, 0.1) is 5.95 Å². The van der Waals surface area contributed by atoms with Gasteiger partial charge in [0.15, 0.2) is 5.84 Å². The van der Waals surface area contributed by atoms with Gasteiger partial charge in [0, 0.05) is 12.4 Å². The van der Waals surface area contributed by atoms with Crippen molar-refractivity contribution in [3.05, 3.63) is 42.2 Å². The summed E-state index contributed by atoms with van der Waals surface area (Å²) in [4.78, 5) is 7.51. The fraction of sp³-hybridized carbons (Fsp3) is 0. The molecule has 1 aromatic rings. The molecular formula is C8H5FN3. The Morgan fingerprint density at radius 2 is 2.08 bits per heavy atom. The topological polar surface area (TPSA) is 39.4 Å². The highest BCUT2D eigenvalue weighted by atomic mass is 19.1.